The highest BCUT2D eigenvalue weighted by Gasteiger charge is 2.12. The quantitative estimate of drug-likeness (QED) is 0.347. The summed E-state index contributed by atoms with van der Waals surface area (Å²) in [7, 11) is 0. The molecule has 0 saturated carbocycles. The molecule has 0 amide bonds. The van der Waals surface area contributed by atoms with Crippen LogP contribution in [0.5, 0.6) is 0 Å². The van der Waals surface area contributed by atoms with Crippen molar-refractivity contribution in [3.63, 3.8) is 0 Å². The van der Waals surface area contributed by atoms with Gasteiger partial charge in [-0.25, -0.2) is 0 Å². The summed E-state index contributed by atoms with van der Waals surface area (Å²) >= 11 is 0. The van der Waals surface area contributed by atoms with Crippen molar-refractivity contribution >= 4 is 11.6 Å². The van der Waals surface area contributed by atoms with Crippen LogP contribution in [0.1, 0.15) is 5.69 Å². The third-order valence-corrected chi connectivity index (χ3v) is 1.17. The molecule has 0 aliphatic carbocycles. The molecule has 0 saturated heterocycles. The van der Waals surface area contributed by atoms with E-state index in [0.29, 0.717) is 0 Å². The average Bonchev–Trinajstić information content (AvgIpc) is 2.07. The van der Waals surface area contributed by atoms with Gasteiger partial charge >= 0.3 is 5.70 Å². The van der Waals surface area contributed by atoms with E-state index in [1.165, 1.54) is 6.20 Å². The van der Waals surface area contributed by atoms with Crippen LogP contribution in [0.2, 0.25) is 0 Å². The van der Waals surface area contributed by atoms with Gasteiger partial charge < -0.3 is 0 Å². The standard InChI is InChI=1S/C7H6N5/c1-6-2-3-10-12(11-6)7(4-8)5-9/h2-3,8H,1H3/q+1. The van der Waals surface area contributed by atoms with Gasteiger partial charge in [-0.2, -0.15) is 5.26 Å². The maximum atomic E-state index is 8.50. The third-order valence-electron chi connectivity index (χ3n) is 1.17. The van der Waals surface area contributed by atoms with E-state index >= 15 is 0 Å². The number of hydrogen-bond donors (Lipinski definition) is 1. The molecule has 0 atom stereocenters. The molecule has 1 aromatic rings. The number of aromatic nitrogens is 3. The van der Waals surface area contributed by atoms with Gasteiger partial charge in [-0.05, 0) is 13.0 Å². The lowest BCUT2D eigenvalue weighted by Crippen LogP contribution is -2.40. The van der Waals surface area contributed by atoms with Gasteiger partial charge in [-0.3, -0.25) is 5.41 Å². The average molecular weight is 160 g/mol. The van der Waals surface area contributed by atoms with Crippen LogP contribution >= 0.6 is 0 Å². The van der Waals surface area contributed by atoms with Crippen LogP contribution in [-0.4, -0.2) is 16.1 Å². The third kappa shape index (κ3) is 1.51. The van der Waals surface area contributed by atoms with Crippen LogP contribution in [-0.2, 0) is 0 Å². The number of nitriles is 1. The smallest absolute Gasteiger partial charge is 0.252 e. The first kappa shape index (κ1) is 8.05. The molecule has 58 valence electrons. The van der Waals surface area contributed by atoms with Crippen molar-refractivity contribution in [1.82, 2.24) is 10.2 Å². The van der Waals surface area contributed by atoms with E-state index in [4.69, 9.17) is 10.7 Å². The molecule has 0 bridgehead atoms. The largest absolute Gasteiger partial charge is 0.405 e. The molecule has 0 unspecified atom stereocenters. The number of nitrogens with one attached hydrogen (secondary N) is 1. The van der Waals surface area contributed by atoms with Gasteiger partial charge in [-0.1, -0.05) is 0 Å². The summed E-state index contributed by atoms with van der Waals surface area (Å²) in [6.45, 7) is 1.77. The number of hydrogen-bond acceptors (Lipinski definition) is 4. The zero-order valence-electron chi connectivity index (χ0n) is 6.44. The van der Waals surface area contributed by atoms with Crippen molar-refractivity contribution in [3.8, 4) is 6.07 Å². The number of allylic oxidation sites excluding steroid dienone is 1. The Morgan fingerprint density at radius 1 is 1.75 bits per heavy atom. The number of nitrogens with zero attached hydrogens (tertiary/aromatic N) is 4. The fraction of sp³-hybridized carbons (Fsp3) is 0.143. The van der Waals surface area contributed by atoms with E-state index in [0.717, 1.165) is 10.5 Å². The molecule has 0 aliphatic heterocycles. The molecule has 5 heteroatoms. The van der Waals surface area contributed by atoms with Crippen molar-refractivity contribution in [2.75, 3.05) is 0 Å². The van der Waals surface area contributed by atoms with Gasteiger partial charge in [0.1, 0.15) is 5.69 Å². The first-order valence-corrected chi connectivity index (χ1v) is 3.20. The minimum atomic E-state index is -0.0290. The number of aryl methyl sites for hydroxylation is 1. The Bertz CT molecular complexity index is 383. The van der Waals surface area contributed by atoms with Gasteiger partial charge in [0.25, 0.3) is 0 Å². The van der Waals surface area contributed by atoms with Gasteiger partial charge in [0.05, 0.1) is 16.9 Å². The second kappa shape index (κ2) is 3.37. The Labute approximate surface area is 69.1 Å². The molecule has 1 rings (SSSR count). The van der Waals surface area contributed by atoms with E-state index in [1.54, 1.807) is 19.1 Å². The van der Waals surface area contributed by atoms with E-state index < -0.39 is 0 Å². The van der Waals surface area contributed by atoms with Crippen molar-refractivity contribution in [2.24, 2.45) is 0 Å². The first-order chi connectivity index (χ1) is 5.77. The van der Waals surface area contributed by atoms with Crippen LogP contribution in [0, 0.1) is 23.7 Å². The second-order valence-electron chi connectivity index (χ2n) is 2.05. The molecule has 1 N–H and O–H groups in total. The Kier molecular flexibility index (Phi) is 2.26. The molecule has 0 aliphatic rings. The highest BCUT2D eigenvalue weighted by Crippen LogP contribution is 1.84. The minimum absolute atomic E-state index is 0.0290. The highest BCUT2D eigenvalue weighted by molar-refractivity contribution is 5.80. The highest BCUT2D eigenvalue weighted by atomic mass is 15.4. The van der Waals surface area contributed by atoms with Crippen LogP contribution in [0.25, 0.3) is 5.70 Å². The molecule has 0 radical (unpaired) electrons. The zero-order chi connectivity index (χ0) is 8.97. The van der Waals surface area contributed by atoms with Crippen LogP contribution in [0.15, 0.2) is 12.3 Å². The van der Waals surface area contributed by atoms with Gasteiger partial charge in [0, 0.05) is 10.2 Å². The summed E-state index contributed by atoms with van der Waals surface area (Å²) in [5.41, 5.74) is 0.701. The normalized spacial score (nSPS) is 8.33. The van der Waals surface area contributed by atoms with Crippen molar-refractivity contribution in [2.45, 2.75) is 6.92 Å². The molecule has 5 nitrogen and oxygen atoms in total. The summed E-state index contributed by atoms with van der Waals surface area (Å²) in [6.07, 6.45) is 1.51. The number of rotatable bonds is 1. The molecule has 0 fully saturated rings. The van der Waals surface area contributed by atoms with Crippen LogP contribution in [0.4, 0.5) is 0 Å². The summed E-state index contributed by atoms with van der Waals surface area (Å²) in [6, 6.07) is 3.46. The predicted molar refractivity (Wildman–Crippen MR) is 40.0 cm³/mol. The predicted octanol–water partition coefficient (Wildman–Crippen LogP) is -0.315. The maximum Gasteiger partial charge on any atom is 0.405 e. The fourth-order valence-electron chi connectivity index (χ4n) is 0.643. The Balaban J connectivity index is 3.22. The topological polar surface area (TPSA) is 77.3 Å². The SMILES string of the molecule is Cc1ccn[n+](C(=C=N)C#N)n1. The molecule has 0 aromatic carbocycles. The van der Waals surface area contributed by atoms with Crippen LogP contribution in [0.3, 0.4) is 0 Å². The molecule has 1 aromatic heterocycles. The summed E-state index contributed by atoms with van der Waals surface area (Å²) in [5.74, 6) is 1.94. The lowest BCUT2D eigenvalue weighted by atomic mass is 10.5. The van der Waals surface area contributed by atoms with Crippen LogP contribution < -0.4 is 4.80 Å². The lowest BCUT2D eigenvalue weighted by molar-refractivity contribution is -0.702. The van der Waals surface area contributed by atoms with E-state index in [2.05, 4.69) is 10.2 Å². The van der Waals surface area contributed by atoms with Gasteiger partial charge in [0.15, 0.2) is 6.07 Å². The van der Waals surface area contributed by atoms with Crippen molar-refractivity contribution in [3.05, 3.63) is 18.0 Å². The van der Waals surface area contributed by atoms with Gasteiger partial charge in [-0.15, -0.1) is 0 Å². The Morgan fingerprint density at radius 2 is 2.50 bits per heavy atom. The Hall–Kier alpha value is -2.05. The summed E-state index contributed by atoms with van der Waals surface area (Å²) in [5, 5.41) is 22.9. The van der Waals surface area contributed by atoms with E-state index in [1.807, 2.05) is 5.87 Å². The maximum absolute atomic E-state index is 8.50. The molecule has 1 heterocycles. The molecular formula is C7H6N5+. The summed E-state index contributed by atoms with van der Waals surface area (Å²) < 4.78 is 0. The summed E-state index contributed by atoms with van der Waals surface area (Å²) in [4.78, 5) is 1.07. The van der Waals surface area contributed by atoms with E-state index in [9.17, 15) is 0 Å². The Morgan fingerprint density at radius 3 is 3.00 bits per heavy atom. The zero-order valence-corrected chi connectivity index (χ0v) is 6.44. The monoisotopic (exact) mass is 160 g/mol. The lowest BCUT2D eigenvalue weighted by Gasteiger charge is -1.84. The van der Waals surface area contributed by atoms with Crippen molar-refractivity contribution < 1.29 is 4.80 Å². The second-order valence-corrected chi connectivity index (χ2v) is 2.05. The van der Waals surface area contributed by atoms with Crippen molar-refractivity contribution in [1.29, 1.82) is 10.7 Å². The molecule has 0 spiro atoms. The molecule has 12 heavy (non-hydrogen) atoms. The fourth-order valence-corrected chi connectivity index (χ4v) is 0.643. The van der Waals surface area contributed by atoms with E-state index in [-0.39, 0.29) is 5.70 Å². The van der Waals surface area contributed by atoms with Gasteiger partial charge in [0.2, 0.25) is 0 Å². The first-order valence-electron chi connectivity index (χ1n) is 3.20. The minimum Gasteiger partial charge on any atom is -0.252 e. The molecular weight excluding hydrogens is 154 g/mol.